The van der Waals surface area contributed by atoms with Gasteiger partial charge in [-0.15, -0.1) is 0 Å². The van der Waals surface area contributed by atoms with Crippen LogP contribution < -0.4 is 0 Å². The maximum absolute atomic E-state index is 12.7. The number of amides is 1. The minimum atomic E-state index is -3.65. The molecule has 2 rings (SSSR count). The van der Waals surface area contributed by atoms with E-state index >= 15 is 0 Å². The Balaban J connectivity index is 2.34. The largest absolute Gasteiger partial charge is 0.339 e. The second kappa shape index (κ2) is 6.88. The highest BCUT2D eigenvalue weighted by atomic mass is 32.2. The molecule has 1 aromatic rings. The lowest BCUT2D eigenvalue weighted by Crippen LogP contribution is -2.39. The highest BCUT2D eigenvalue weighted by molar-refractivity contribution is 7.90. The molecule has 1 aliphatic carbocycles. The fourth-order valence-corrected chi connectivity index (χ4v) is 3.70. The average molecular weight is 354 g/mol. The van der Waals surface area contributed by atoms with Crippen molar-refractivity contribution in [1.29, 1.82) is 0 Å². The van der Waals surface area contributed by atoms with Crippen molar-refractivity contribution < 1.29 is 18.1 Å². The Bertz CT molecular complexity index is 752. The number of carbonyl (C=O) groups excluding carboxylic acids is 1. The first-order chi connectivity index (χ1) is 11.1. The van der Waals surface area contributed by atoms with E-state index in [2.05, 4.69) is 6.92 Å². The second-order valence-electron chi connectivity index (χ2n) is 6.57. The molecule has 1 fully saturated rings. The van der Waals surface area contributed by atoms with Gasteiger partial charge in [-0.2, -0.15) is 0 Å². The molecule has 24 heavy (non-hydrogen) atoms. The summed E-state index contributed by atoms with van der Waals surface area (Å²) in [5.74, 6) is 0.252. The van der Waals surface area contributed by atoms with Gasteiger partial charge >= 0.3 is 0 Å². The van der Waals surface area contributed by atoms with Crippen LogP contribution >= 0.6 is 0 Å². The van der Waals surface area contributed by atoms with Gasteiger partial charge in [0.05, 0.1) is 9.82 Å². The van der Waals surface area contributed by atoms with Crippen LogP contribution in [0.3, 0.4) is 0 Å². The van der Waals surface area contributed by atoms with Crippen molar-refractivity contribution in [2.45, 2.75) is 43.5 Å². The molecule has 1 aromatic carbocycles. The minimum Gasteiger partial charge on any atom is -0.339 e. The molecule has 0 atom stereocenters. The van der Waals surface area contributed by atoms with Gasteiger partial charge in [0.15, 0.2) is 9.84 Å². The molecule has 1 saturated carbocycles. The first-order valence-electron chi connectivity index (χ1n) is 7.86. The fourth-order valence-electron chi connectivity index (χ4n) is 3.03. The van der Waals surface area contributed by atoms with Gasteiger partial charge in [0.1, 0.15) is 0 Å². The predicted molar refractivity (Wildman–Crippen MR) is 89.7 cm³/mol. The van der Waals surface area contributed by atoms with Gasteiger partial charge in [-0.05, 0) is 37.7 Å². The Kier molecular flexibility index (Phi) is 5.27. The Morgan fingerprint density at radius 2 is 1.79 bits per heavy atom. The summed E-state index contributed by atoms with van der Waals surface area (Å²) in [7, 11) is -1.98. The van der Waals surface area contributed by atoms with Crippen LogP contribution in [0.15, 0.2) is 23.1 Å². The standard InChI is InChI=1S/C16H22N2O5S/c1-11-4-6-13(7-5-11)17(2)16(19)12-8-14(18(20)21)10-15(9-12)24(3,22)23/h8-11,13H,4-7H2,1-3H3. The molecule has 0 aromatic heterocycles. The quantitative estimate of drug-likeness (QED) is 0.611. The van der Waals surface area contributed by atoms with Gasteiger partial charge in [0.2, 0.25) is 0 Å². The molecule has 0 saturated heterocycles. The molecule has 0 spiro atoms. The summed E-state index contributed by atoms with van der Waals surface area (Å²) in [5, 5.41) is 11.0. The van der Waals surface area contributed by atoms with Gasteiger partial charge < -0.3 is 4.90 Å². The van der Waals surface area contributed by atoms with E-state index in [0.717, 1.165) is 44.1 Å². The van der Waals surface area contributed by atoms with E-state index in [-0.39, 0.29) is 22.4 Å². The normalized spacial score (nSPS) is 21.3. The lowest BCUT2D eigenvalue weighted by molar-refractivity contribution is -0.385. The Morgan fingerprint density at radius 3 is 2.29 bits per heavy atom. The van der Waals surface area contributed by atoms with Crippen LogP contribution in [0.2, 0.25) is 0 Å². The Labute approximate surface area is 141 Å². The van der Waals surface area contributed by atoms with Crippen molar-refractivity contribution in [3.63, 3.8) is 0 Å². The molecule has 0 radical (unpaired) electrons. The number of nitro groups is 1. The third-order valence-corrected chi connectivity index (χ3v) is 5.72. The topological polar surface area (TPSA) is 97.6 Å². The van der Waals surface area contributed by atoms with E-state index in [1.54, 1.807) is 11.9 Å². The number of nitrogens with zero attached hydrogens (tertiary/aromatic N) is 2. The number of rotatable bonds is 4. The van der Waals surface area contributed by atoms with E-state index < -0.39 is 20.4 Å². The summed E-state index contributed by atoms with van der Waals surface area (Å²) < 4.78 is 23.5. The number of carbonyl (C=O) groups is 1. The van der Waals surface area contributed by atoms with Gasteiger partial charge in [-0.25, -0.2) is 8.42 Å². The molecule has 1 amide bonds. The predicted octanol–water partition coefficient (Wildman–Crippen LogP) is 2.65. The number of hydrogen-bond donors (Lipinski definition) is 0. The smallest absolute Gasteiger partial charge is 0.271 e. The number of sulfone groups is 1. The van der Waals surface area contributed by atoms with E-state index in [0.29, 0.717) is 5.92 Å². The number of non-ortho nitro benzene ring substituents is 1. The van der Waals surface area contributed by atoms with Crippen molar-refractivity contribution in [2.24, 2.45) is 5.92 Å². The van der Waals surface area contributed by atoms with Crippen LogP contribution in [0, 0.1) is 16.0 Å². The lowest BCUT2D eigenvalue weighted by atomic mass is 9.86. The number of hydrogen-bond acceptors (Lipinski definition) is 5. The summed E-state index contributed by atoms with van der Waals surface area (Å²) in [6.45, 7) is 2.18. The summed E-state index contributed by atoms with van der Waals surface area (Å²) in [6, 6.07) is 3.41. The monoisotopic (exact) mass is 354 g/mol. The summed E-state index contributed by atoms with van der Waals surface area (Å²) in [4.78, 5) is 24.4. The Morgan fingerprint density at radius 1 is 1.21 bits per heavy atom. The zero-order chi connectivity index (χ0) is 18.1. The van der Waals surface area contributed by atoms with E-state index in [1.165, 1.54) is 6.07 Å². The molecule has 0 heterocycles. The van der Waals surface area contributed by atoms with Gasteiger partial charge in [-0.1, -0.05) is 6.92 Å². The second-order valence-corrected chi connectivity index (χ2v) is 8.59. The number of nitro benzene ring substituents is 1. The molecule has 0 aliphatic heterocycles. The van der Waals surface area contributed by atoms with Gasteiger partial charge in [0, 0.05) is 37.0 Å². The maximum atomic E-state index is 12.7. The molecule has 7 nitrogen and oxygen atoms in total. The van der Waals surface area contributed by atoms with Crippen LogP contribution in [0.5, 0.6) is 0 Å². The Hall–Kier alpha value is -1.96. The highest BCUT2D eigenvalue weighted by Gasteiger charge is 2.27. The maximum Gasteiger partial charge on any atom is 0.271 e. The van der Waals surface area contributed by atoms with Crippen LogP contribution in [0.25, 0.3) is 0 Å². The molecular weight excluding hydrogens is 332 g/mol. The first kappa shape index (κ1) is 18.4. The molecule has 1 aliphatic rings. The van der Waals surface area contributed by atoms with E-state index in [9.17, 15) is 23.3 Å². The van der Waals surface area contributed by atoms with Gasteiger partial charge in [0.25, 0.3) is 11.6 Å². The van der Waals surface area contributed by atoms with Crippen LogP contribution in [-0.2, 0) is 9.84 Å². The highest BCUT2D eigenvalue weighted by Crippen LogP contribution is 2.28. The van der Waals surface area contributed by atoms with Crippen LogP contribution in [0.1, 0.15) is 43.0 Å². The SMILES string of the molecule is CC1CCC(N(C)C(=O)c2cc([N+](=O)[O-])cc(S(C)(=O)=O)c2)CC1. The van der Waals surface area contributed by atoms with Crippen molar-refractivity contribution in [3.05, 3.63) is 33.9 Å². The van der Waals surface area contributed by atoms with Crippen molar-refractivity contribution >= 4 is 21.4 Å². The van der Waals surface area contributed by atoms with Crippen molar-refractivity contribution in [3.8, 4) is 0 Å². The molecule has 0 bridgehead atoms. The summed E-state index contributed by atoms with van der Waals surface area (Å²) >= 11 is 0. The van der Waals surface area contributed by atoms with Crippen LogP contribution in [-0.4, -0.2) is 43.5 Å². The zero-order valence-electron chi connectivity index (χ0n) is 14.1. The molecule has 0 unspecified atom stereocenters. The fraction of sp³-hybridized carbons (Fsp3) is 0.562. The molecule has 8 heteroatoms. The third-order valence-electron chi connectivity index (χ3n) is 4.63. The molecule has 132 valence electrons. The van der Waals surface area contributed by atoms with E-state index in [4.69, 9.17) is 0 Å². The third kappa shape index (κ3) is 4.11. The minimum absolute atomic E-state index is 0.0331. The molecular formula is C16H22N2O5S. The van der Waals surface area contributed by atoms with Crippen LogP contribution in [0.4, 0.5) is 5.69 Å². The summed E-state index contributed by atoms with van der Waals surface area (Å²) in [5.41, 5.74) is -0.363. The lowest BCUT2D eigenvalue weighted by Gasteiger charge is -2.33. The average Bonchev–Trinajstić information content (AvgIpc) is 2.53. The number of benzene rings is 1. The van der Waals surface area contributed by atoms with Crippen molar-refractivity contribution in [1.82, 2.24) is 4.90 Å². The first-order valence-corrected chi connectivity index (χ1v) is 9.75. The zero-order valence-corrected chi connectivity index (χ0v) is 14.9. The summed E-state index contributed by atoms with van der Waals surface area (Å²) in [6.07, 6.45) is 4.80. The molecule has 0 N–H and O–H groups in total. The van der Waals surface area contributed by atoms with Crippen molar-refractivity contribution in [2.75, 3.05) is 13.3 Å². The van der Waals surface area contributed by atoms with E-state index in [1.807, 2.05) is 0 Å². The van der Waals surface area contributed by atoms with Gasteiger partial charge in [-0.3, -0.25) is 14.9 Å².